The number of nitro benzene ring substituents is 2. The molecule has 0 heterocycles. The van der Waals surface area contributed by atoms with Gasteiger partial charge in [0.15, 0.2) is 0 Å². The molecule has 0 N–H and O–H groups in total. The van der Waals surface area contributed by atoms with E-state index in [4.69, 9.17) is 9.47 Å². The molecule has 0 aromatic heterocycles. The molecule has 0 spiro atoms. The number of hydrogen-bond donors (Lipinski definition) is 0. The normalized spacial score (nSPS) is 11.4. The van der Waals surface area contributed by atoms with E-state index in [1.165, 1.54) is 24.3 Å². The molecular weight excluding hydrogens is 512 g/mol. The van der Waals surface area contributed by atoms with E-state index in [0.29, 0.717) is 37.1 Å². The third kappa shape index (κ3) is 7.14. The topological polar surface area (TPSA) is 105 Å². The molecule has 29 heavy (non-hydrogen) atoms. The smallest absolute Gasteiger partial charge is 0.269 e. The zero-order chi connectivity index (χ0) is 21.3. The fourth-order valence-electron chi connectivity index (χ4n) is 3.16. The standard InChI is InChI=1S/C19H20Br2N2O6/c20-13-28-11-19(12-29-14-21,9-15-1-5-17(6-2-15)22(24)25)10-16-3-7-18(8-4-16)23(26)27/h1-8H,9-14H2. The summed E-state index contributed by atoms with van der Waals surface area (Å²) in [5.41, 5.74) is 2.12. The molecule has 2 aromatic carbocycles. The Balaban J connectivity index is 2.31. The first kappa shape index (κ1) is 23.4. The van der Waals surface area contributed by atoms with Gasteiger partial charge in [0.1, 0.15) is 11.0 Å². The van der Waals surface area contributed by atoms with E-state index in [1.54, 1.807) is 24.3 Å². The Morgan fingerprint density at radius 1 is 0.724 bits per heavy atom. The molecule has 10 heteroatoms. The monoisotopic (exact) mass is 530 g/mol. The van der Waals surface area contributed by atoms with Gasteiger partial charge in [0.2, 0.25) is 0 Å². The molecular formula is C19H20Br2N2O6. The van der Waals surface area contributed by atoms with Crippen LogP contribution in [0.5, 0.6) is 0 Å². The number of rotatable bonds is 12. The SMILES string of the molecule is O=[N+]([O-])c1ccc(CC(COCBr)(COCBr)Cc2ccc([N+](=O)[O-])cc2)cc1. The van der Waals surface area contributed by atoms with Crippen LogP contribution in [0.3, 0.4) is 0 Å². The van der Waals surface area contributed by atoms with Gasteiger partial charge in [-0.15, -0.1) is 0 Å². The lowest BCUT2D eigenvalue weighted by Crippen LogP contribution is -2.37. The van der Waals surface area contributed by atoms with Gasteiger partial charge in [-0.05, 0) is 24.0 Å². The molecule has 0 bridgehead atoms. The predicted molar refractivity (Wildman–Crippen MR) is 116 cm³/mol. The van der Waals surface area contributed by atoms with Crippen LogP contribution in [-0.4, -0.2) is 34.1 Å². The zero-order valence-corrected chi connectivity index (χ0v) is 18.6. The van der Waals surface area contributed by atoms with Crippen LogP contribution >= 0.6 is 31.9 Å². The Hall–Kier alpha value is -1.88. The molecule has 0 amide bonds. The van der Waals surface area contributed by atoms with Crippen molar-refractivity contribution in [1.29, 1.82) is 0 Å². The number of nitro groups is 2. The fraction of sp³-hybridized carbons (Fsp3) is 0.368. The van der Waals surface area contributed by atoms with Crippen LogP contribution in [0.4, 0.5) is 11.4 Å². The first-order chi connectivity index (χ1) is 13.9. The summed E-state index contributed by atoms with van der Waals surface area (Å²) in [7, 11) is 0. The summed E-state index contributed by atoms with van der Waals surface area (Å²) in [6.07, 6.45) is 1.12. The zero-order valence-electron chi connectivity index (χ0n) is 15.5. The Morgan fingerprint density at radius 3 is 1.34 bits per heavy atom. The average molecular weight is 532 g/mol. The van der Waals surface area contributed by atoms with Gasteiger partial charge in [-0.25, -0.2) is 0 Å². The maximum Gasteiger partial charge on any atom is 0.269 e. The first-order valence-electron chi connectivity index (χ1n) is 8.63. The van der Waals surface area contributed by atoms with E-state index < -0.39 is 15.3 Å². The maximum absolute atomic E-state index is 10.9. The number of alkyl halides is 2. The number of benzene rings is 2. The molecule has 0 atom stereocenters. The van der Waals surface area contributed by atoms with Gasteiger partial charge in [0.25, 0.3) is 11.4 Å². The minimum absolute atomic E-state index is 0.0307. The minimum Gasteiger partial charge on any atom is -0.370 e. The summed E-state index contributed by atoms with van der Waals surface area (Å²) in [4.78, 5) is 20.9. The third-order valence-electron chi connectivity index (χ3n) is 4.42. The second-order valence-electron chi connectivity index (χ2n) is 6.62. The number of nitrogens with zero attached hydrogens (tertiary/aromatic N) is 2. The predicted octanol–water partition coefficient (Wildman–Crippen LogP) is 5.01. The lowest BCUT2D eigenvalue weighted by molar-refractivity contribution is -0.385. The molecule has 2 rings (SSSR count). The van der Waals surface area contributed by atoms with Crippen LogP contribution in [0, 0.1) is 25.6 Å². The van der Waals surface area contributed by atoms with Crippen LogP contribution in [0.2, 0.25) is 0 Å². The minimum atomic E-state index is -0.464. The molecule has 8 nitrogen and oxygen atoms in total. The molecule has 0 saturated heterocycles. The highest BCUT2D eigenvalue weighted by molar-refractivity contribution is 9.09. The molecule has 0 aliphatic heterocycles. The van der Waals surface area contributed by atoms with Gasteiger partial charge >= 0.3 is 0 Å². The number of hydrogen-bond acceptors (Lipinski definition) is 6. The van der Waals surface area contributed by atoms with Gasteiger partial charge < -0.3 is 9.47 Å². The Labute approximate surface area is 184 Å². The van der Waals surface area contributed by atoms with Crippen molar-refractivity contribution in [2.75, 3.05) is 24.2 Å². The van der Waals surface area contributed by atoms with E-state index in [1.807, 2.05) is 0 Å². The largest absolute Gasteiger partial charge is 0.370 e. The van der Waals surface area contributed by atoms with Crippen molar-refractivity contribution in [2.24, 2.45) is 5.41 Å². The fourth-order valence-corrected chi connectivity index (χ4v) is 3.48. The Bertz CT molecular complexity index is 745. The average Bonchev–Trinajstić information content (AvgIpc) is 2.71. The first-order valence-corrected chi connectivity index (χ1v) is 10.9. The van der Waals surface area contributed by atoms with E-state index in [-0.39, 0.29) is 11.4 Å². The molecule has 156 valence electrons. The van der Waals surface area contributed by atoms with Crippen molar-refractivity contribution in [3.05, 3.63) is 79.9 Å². The number of halogens is 2. The second-order valence-corrected chi connectivity index (χ2v) is 7.53. The van der Waals surface area contributed by atoms with E-state index in [9.17, 15) is 20.2 Å². The highest BCUT2D eigenvalue weighted by Gasteiger charge is 2.32. The molecule has 0 saturated carbocycles. The van der Waals surface area contributed by atoms with Gasteiger partial charge in [-0.2, -0.15) is 0 Å². The molecule has 0 aliphatic rings. The third-order valence-corrected chi connectivity index (χ3v) is 5.07. The van der Waals surface area contributed by atoms with E-state index in [2.05, 4.69) is 31.9 Å². The quantitative estimate of drug-likeness (QED) is 0.216. The van der Waals surface area contributed by atoms with E-state index >= 15 is 0 Å². The summed E-state index contributed by atoms with van der Waals surface area (Å²) >= 11 is 6.54. The van der Waals surface area contributed by atoms with Gasteiger partial charge in [0, 0.05) is 29.7 Å². The molecule has 0 unspecified atom stereocenters. The van der Waals surface area contributed by atoms with E-state index in [0.717, 1.165) is 11.1 Å². The summed E-state index contributed by atoms with van der Waals surface area (Å²) in [5, 5.41) is 21.8. The summed E-state index contributed by atoms with van der Waals surface area (Å²) in [6.45, 7) is 0.748. The Morgan fingerprint density at radius 2 is 1.07 bits per heavy atom. The van der Waals surface area contributed by atoms with Crippen LogP contribution in [0.1, 0.15) is 11.1 Å². The lowest BCUT2D eigenvalue weighted by Gasteiger charge is -2.33. The summed E-state index contributed by atoms with van der Waals surface area (Å²) < 4.78 is 11.3. The second kappa shape index (κ2) is 11.3. The van der Waals surface area contributed by atoms with Crippen molar-refractivity contribution in [1.82, 2.24) is 0 Å². The van der Waals surface area contributed by atoms with Crippen molar-refractivity contribution in [3.63, 3.8) is 0 Å². The number of ether oxygens (including phenoxy) is 2. The highest BCUT2D eigenvalue weighted by Crippen LogP contribution is 2.31. The van der Waals surface area contributed by atoms with Crippen LogP contribution in [-0.2, 0) is 22.3 Å². The molecule has 2 aromatic rings. The van der Waals surface area contributed by atoms with Crippen LogP contribution < -0.4 is 0 Å². The summed E-state index contributed by atoms with van der Waals surface area (Å²) in [6, 6.07) is 12.8. The molecule has 0 fully saturated rings. The maximum atomic E-state index is 10.9. The molecule has 0 radical (unpaired) electrons. The van der Waals surface area contributed by atoms with Crippen molar-refractivity contribution < 1.29 is 19.3 Å². The van der Waals surface area contributed by atoms with Gasteiger partial charge in [-0.1, -0.05) is 56.1 Å². The number of non-ortho nitro benzene ring substituents is 2. The summed E-state index contributed by atoms with van der Waals surface area (Å²) in [5.74, 6) is 0. The van der Waals surface area contributed by atoms with Crippen LogP contribution in [0.25, 0.3) is 0 Å². The van der Waals surface area contributed by atoms with Crippen molar-refractivity contribution in [2.45, 2.75) is 12.8 Å². The van der Waals surface area contributed by atoms with Gasteiger partial charge in [0.05, 0.1) is 23.1 Å². The molecule has 0 aliphatic carbocycles. The van der Waals surface area contributed by atoms with Gasteiger partial charge in [-0.3, -0.25) is 20.2 Å². The van der Waals surface area contributed by atoms with Crippen molar-refractivity contribution >= 4 is 43.2 Å². The van der Waals surface area contributed by atoms with Crippen molar-refractivity contribution in [3.8, 4) is 0 Å². The lowest BCUT2D eigenvalue weighted by atomic mass is 9.77. The Kier molecular flexibility index (Phi) is 9.15. The highest BCUT2D eigenvalue weighted by atomic mass is 79.9. The van der Waals surface area contributed by atoms with Crippen LogP contribution in [0.15, 0.2) is 48.5 Å².